The Morgan fingerprint density at radius 2 is 1.36 bits per heavy atom. The van der Waals surface area contributed by atoms with Crippen LogP contribution < -0.4 is 9.46 Å². The molecule has 0 spiro atoms. The number of fused-ring (bicyclic) bond motifs is 2. The van der Waals surface area contributed by atoms with Crippen LogP contribution in [-0.4, -0.2) is 37.8 Å². The summed E-state index contributed by atoms with van der Waals surface area (Å²) in [5.41, 5.74) is 4.85. The van der Waals surface area contributed by atoms with E-state index in [2.05, 4.69) is 29.0 Å². The van der Waals surface area contributed by atoms with E-state index >= 15 is 0 Å². The van der Waals surface area contributed by atoms with Gasteiger partial charge >= 0.3 is 11.9 Å². The van der Waals surface area contributed by atoms with Crippen LogP contribution in [0.4, 0.5) is 0 Å². The molecule has 3 fully saturated rings. The second-order valence-corrected chi connectivity index (χ2v) is 13.4. The smallest absolute Gasteiger partial charge is 0.316 e. The van der Waals surface area contributed by atoms with E-state index in [0.717, 1.165) is 11.1 Å². The average Bonchev–Trinajstić information content (AvgIpc) is 3.56. The molecule has 1 aliphatic heterocycles. The maximum absolute atomic E-state index is 13.9. The van der Waals surface area contributed by atoms with Crippen LogP contribution in [0, 0.1) is 23.7 Å². The third-order valence-corrected chi connectivity index (χ3v) is 11.7. The summed E-state index contributed by atoms with van der Waals surface area (Å²) in [6.45, 7) is 0. The fourth-order valence-corrected chi connectivity index (χ4v) is 10.7. The molecular formula is C31H27NO6S. The lowest BCUT2D eigenvalue weighted by molar-refractivity contribution is -0.162. The first-order valence-corrected chi connectivity index (χ1v) is 15.1. The Morgan fingerprint density at radius 3 is 2.03 bits per heavy atom. The maximum Gasteiger partial charge on any atom is 0.316 e. The first-order valence-electron chi connectivity index (χ1n) is 13.6. The monoisotopic (exact) mass is 541 g/mol. The lowest BCUT2D eigenvalue weighted by Crippen LogP contribution is -2.49. The minimum absolute atomic E-state index is 0.111. The number of hydrogen-bond donors (Lipinski definition) is 1. The molecule has 0 aromatic heterocycles. The van der Waals surface area contributed by atoms with E-state index in [9.17, 15) is 18.0 Å². The fraction of sp³-hybridized carbons (Fsp3) is 0.355. The van der Waals surface area contributed by atoms with Crippen molar-refractivity contribution in [1.29, 1.82) is 0 Å². The van der Waals surface area contributed by atoms with E-state index in [0.29, 0.717) is 18.6 Å². The van der Waals surface area contributed by atoms with Crippen LogP contribution in [0.25, 0.3) is 0 Å². The van der Waals surface area contributed by atoms with Gasteiger partial charge in [0.2, 0.25) is 10.0 Å². The van der Waals surface area contributed by atoms with Crippen molar-refractivity contribution in [3.05, 3.63) is 101 Å². The third kappa shape index (κ3) is 3.28. The standard InChI is InChI=1S/C31H27NO6S/c33-30(23-14-21-17-10-4-6-12-19(17)25(23)20-13-7-5-11-18(20)21)38-28-22-15-24-27(28)32-39(35,36)29(24)26(22)31(34)37-16-8-2-1-3-9-16/h1-13,21-29,32H,14-15H2. The van der Waals surface area contributed by atoms with Crippen LogP contribution in [0.5, 0.6) is 5.75 Å². The Morgan fingerprint density at radius 1 is 0.744 bits per heavy atom. The second kappa shape index (κ2) is 8.26. The Balaban J connectivity index is 1.10. The van der Waals surface area contributed by atoms with Crippen LogP contribution in [0.1, 0.15) is 46.9 Å². The SMILES string of the molecule is O=C(OC1C2CC3C1NS(=O)(=O)C3C2C(=O)Oc1ccccc1)C1CC2c3ccccc3C1c1ccccc12. The van der Waals surface area contributed by atoms with Crippen molar-refractivity contribution in [3.8, 4) is 5.75 Å². The second-order valence-electron chi connectivity index (χ2n) is 11.5. The molecule has 6 aliphatic rings. The Hall–Kier alpha value is -3.49. The molecule has 1 heterocycles. The van der Waals surface area contributed by atoms with Gasteiger partial charge in [0, 0.05) is 17.8 Å². The zero-order valence-electron chi connectivity index (χ0n) is 21.0. The van der Waals surface area contributed by atoms with Gasteiger partial charge in [0.15, 0.2) is 0 Å². The molecule has 9 rings (SSSR count). The molecule has 7 nitrogen and oxygen atoms in total. The van der Waals surface area contributed by atoms with Crippen LogP contribution in [-0.2, 0) is 24.3 Å². The first kappa shape index (κ1) is 23.4. The Labute approximate surface area is 226 Å². The summed E-state index contributed by atoms with van der Waals surface area (Å²) in [5.74, 6) is -2.46. The van der Waals surface area contributed by atoms with Gasteiger partial charge in [0.25, 0.3) is 0 Å². The Bertz CT molecular complexity index is 1570. The van der Waals surface area contributed by atoms with E-state index in [4.69, 9.17) is 9.47 Å². The van der Waals surface area contributed by atoms with Crippen LogP contribution in [0.2, 0.25) is 0 Å². The van der Waals surface area contributed by atoms with Gasteiger partial charge < -0.3 is 9.47 Å². The van der Waals surface area contributed by atoms with Gasteiger partial charge in [-0.25, -0.2) is 13.1 Å². The van der Waals surface area contributed by atoms with Crippen LogP contribution in [0.3, 0.4) is 0 Å². The summed E-state index contributed by atoms with van der Waals surface area (Å²) in [7, 11) is -3.74. The topological polar surface area (TPSA) is 98.8 Å². The van der Waals surface area contributed by atoms with Crippen LogP contribution in [0.15, 0.2) is 78.9 Å². The number of carbonyl (C=O) groups excluding carboxylic acids is 2. The summed E-state index contributed by atoms with van der Waals surface area (Å²) in [6, 6.07) is 24.8. The molecule has 39 heavy (non-hydrogen) atoms. The van der Waals surface area contributed by atoms with Crippen molar-refractivity contribution in [2.24, 2.45) is 23.7 Å². The maximum atomic E-state index is 13.9. The summed E-state index contributed by atoms with van der Waals surface area (Å²) >= 11 is 0. The van der Waals surface area contributed by atoms with Crippen molar-refractivity contribution >= 4 is 22.0 Å². The lowest BCUT2D eigenvalue weighted by atomic mass is 9.59. The molecule has 3 aromatic carbocycles. The van der Waals surface area contributed by atoms with Gasteiger partial charge in [0.05, 0.1) is 23.1 Å². The number of carbonyl (C=O) groups is 2. The van der Waals surface area contributed by atoms with Gasteiger partial charge in [-0.05, 0) is 53.1 Å². The van der Waals surface area contributed by atoms with E-state index in [1.54, 1.807) is 24.3 Å². The van der Waals surface area contributed by atoms with Crippen molar-refractivity contribution in [2.75, 3.05) is 0 Å². The highest BCUT2D eigenvalue weighted by molar-refractivity contribution is 7.90. The molecule has 7 unspecified atom stereocenters. The molecule has 0 radical (unpaired) electrons. The van der Waals surface area contributed by atoms with Crippen molar-refractivity contribution in [1.82, 2.24) is 4.72 Å². The average molecular weight is 542 g/mol. The summed E-state index contributed by atoms with van der Waals surface area (Å²) < 4.78 is 40.8. The van der Waals surface area contributed by atoms with Gasteiger partial charge in [-0.1, -0.05) is 66.7 Å². The van der Waals surface area contributed by atoms with E-state index in [1.807, 2.05) is 30.3 Å². The Kier molecular flexibility index (Phi) is 4.95. The van der Waals surface area contributed by atoms with Gasteiger partial charge in [-0.2, -0.15) is 0 Å². The lowest BCUT2D eigenvalue weighted by Gasteiger charge is -2.45. The summed E-state index contributed by atoms with van der Waals surface area (Å²) in [6.07, 6.45) is 0.461. The minimum atomic E-state index is -3.74. The van der Waals surface area contributed by atoms with Gasteiger partial charge in [-0.3, -0.25) is 9.59 Å². The number of nitrogens with one attached hydrogen (secondary N) is 1. The molecule has 2 saturated carbocycles. The fourth-order valence-electron chi connectivity index (χ4n) is 8.38. The predicted octanol–water partition coefficient (Wildman–Crippen LogP) is 3.74. The largest absolute Gasteiger partial charge is 0.460 e. The normalized spacial score (nSPS) is 35.7. The van der Waals surface area contributed by atoms with Gasteiger partial charge in [-0.15, -0.1) is 0 Å². The number of hydrogen-bond acceptors (Lipinski definition) is 6. The molecule has 3 aromatic rings. The molecule has 198 valence electrons. The molecular weight excluding hydrogens is 514 g/mol. The predicted molar refractivity (Wildman–Crippen MR) is 141 cm³/mol. The molecule has 8 heteroatoms. The number of benzene rings is 3. The highest BCUT2D eigenvalue weighted by Crippen LogP contribution is 2.58. The molecule has 1 N–H and O–H groups in total. The molecule has 7 atom stereocenters. The van der Waals surface area contributed by atoms with Crippen LogP contribution >= 0.6 is 0 Å². The number of rotatable bonds is 4. The highest BCUT2D eigenvalue weighted by atomic mass is 32.2. The summed E-state index contributed by atoms with van der Waals surface area (Å²) in [4.78, 5) is 27.3. The quantitative estimate of drug-likeness (QED) is 0.399. The zero-order valence-corrected chi connectivity index (χ0v) is 21.8. The number of sulfonamides is 1. The summed E-state index contributed by atoms with van der Waals surface area (Å²) in [5, 5.41) is -0.858. The number of esters is 2. The van der Waals surface area contributed by atoms with Gasteiger partial charge in [0.1, 0.15) is 11.9 Å². The minimum Gasteiger partial charge on any atom is -0.460 e. The first-order chi connectivity index (χ1) is 18.9. The van der Waals surface area contributed by atoms with Crippen molar-refractivity contribution < 1.29 is 27.5 Å². The highest BCUT2D eigenvalue weighted by Gasteiger charge is 2.71. The number of para-hydroxylation sites is 1. The van der Waals surface area contributed by atoms with E-state index < -0.39 is 45.2 Å². The molecule has 4 bridgehead atoms. The molecule has 0 amide bonds. The van der Waals surface area contributed by atoms with Crippen molar-refractivity contribution in [2.45, 2.75) is 42.1 Å². The van der Waals surface area contributed by atoms with E-state index in [1.165, 1.54) is 11.1 Å². The zero-order chi connectivity index (χ0) is 26.5. The third-order valence-electron chi connectivity index (χ3n) is 9.77. The van der Waals surface area contributed by atoms with E-state index in [-0.39, 0.29) is 29.6 Å². The molecule has 5 aliphatic carbocycles. The molecule has 1 saturated heterocycles. The number of ether oxygens (including phenoxy) is 2. The van der Waals surface area contributed by atoms with Crippen molar-refractivity contribution in [3.63, 3.8) is 0 Å².